The fraction of sp³-hybridized carbons (Fsp3) is 0. The van der Waals surface area contributed by atoms with Gasteiger partial charge in [0.2, 0.25) is 10.0 Å². The van der Waals surface area contributed by atoms with E-state index in [9.17, 15) is 22.0 Å². The zero-order chi connectivity index (χ0) is 15.6. The van der Waals surface area contributed by atoms with Gasteiger partial charge in [-0.05, 0) is 30.3 Å². The first-order valence-corrected chi connectivity index (χ1v) is 7.07. The van der Waals surface area contributed by atoms with Gasteiger partial charge >= 0.3 is 0 Å². The van der Waals surface area contributed by atoms with Crippen LogP contribution in [0.5, 0.6) is 0 Å². The maximum Gasteiger partial charge on any atom is 0.274 e. The predicted octanol–water partition coefficient (Wildman–Crippen LogP) is 1.26. The molecule has 1 aromatic heterocycles. The number of nitrogens with two attached hydrogens (primary N) is 1. The molecule has 0 saturated carbocycles. The minimum atomic E-state index is -4.03. The number of halogens is 2. The largest absolute Gasteiger partial charge is 0.318 e. The van der Waals surface area contributed by atoms with Crippen LogP contribution >= 0.6 is 0 Å². The van der Waals surface area contributed by atoms with Gasteiger partial charge in [0, 0.05) is 0 Å². The molecule has 110 valence electrons. The van der Waals surface area contributed by atoms with E-state index in [1.807, 2.05) is 0 Å². The second kappa shape index (κ2) is 5.54. The van der Waals surface area contributed by atoms with E-state index >= 15 is 0 Å². The van der Waals surface area contributed by atoms with Crippen LogP contribution in [0.4, 0.5) is 14.5 Å². The third kappa shape index (κ3) is 3.58. The van der Waals surface area contributed by atoms with Crippen LogP contribution in [-0.4, -0.2) is 19.3 Å². The van der Waals surface area contributed by atoms with Crippen LogP contribution in [0, 0.1) is 11.6 Å². The highest BCUT2D eigenvalue weighted by molar-refractivity contribution is 7.89. The van der Waals surface area contributed by atoms with Gasteiger partial charge < -0.3 is 5.32 Å². The summed E-state index contributed by atoms with van der Waals surface area (Å²) < 4.78 is 48.6. The number of hydrogen-bond acceptors (Lipinski definition) is 4. The number of anilines is 1. The Hall–Kier alpha value is -2.39. The van der Waals surface area contributed by atoms with E-state index in [1.54, 1.807) is 0 Å². The molecule has 0 radical (unpaired) electrons. The number of pyridine rings is 1. The summed E-state index contributed by atoms with van der Waals surface area (Å²) in [6.45, 7) is 0. The first-order valence-electron chi connectivity index (χ1n) is 5.52. The Morgan fingerprint density at radius 1 is 1.19 bits per heavy atom. The van der Waals surface area contributed by atoms with Gasteiger partial charge in [-0.25, -0.2) is 27.3 Å². The molecule has 0 spiro atoms. The first kappa shape index (κ1) is 15.0. The quantitative estimate of drug-likeness (QED) is 0.890. The van der Waals surface area contributed by atoms with E-state index < -0.39 is 27.6 Å². The fourth-order valence-electron chi connectivity index (χ4n) is 1.47. The van der Waals surface area contributed by atoms with E-state index in [4.69, 9.17) is 5.14 Å². The van der Waals surface area contributed by atoms with Crippen LogP contribution in [0.2, 0.25) is 0 Å². The molecule has 21 heavy (non-hydrogen) atoms. The van der Waals surface area contributed by atoms with E-state index in [0.29, 0.717) is 0 Å². The number of hydrogen-bond donors (Lipinski definition) is 2. The molecule has 0 aliphatic heterocycles. The van der Waals surface area contributed by atoms with Gasteiger partial charge in [-0.15, -0.1) is 0 Å². The van der Waals surface area contributed by atoms with Crippen molar-refractivity contribution in [3.63, 3.8) is 0 Å². The Bertz CT molecular complexity index is 792. The average Bonchev–Trinajstić information content (AvgIpc) is 2.40. The lowest BCUT2D eigenvalue weighted by Crippen LogP contribution is -2.16. The number of carbonyl (C=O) groups is 1. The number of amides is 1. The van der Waals surface area contributed by atoms with Gasteiger partial charge in [-0.3, -0.25) is 4.79 Å². The van der Waals surface area contributed by atoms with E-state index in [1.165, 1.54) is 0 Å². The molecule has 0 unspecified atom stereocenters. The minimum absolute atomic E-state index is 0.156. The molecule has 2 rings (SSSR count). The van der Waals surface area contributed by atoms with Crippen molar-refractivity contribution < 1.29 is 22.0 Å². The second-order valence-corrected chi connectivity index (χ2v) is 5.56. The van der Waals surface area contributed by atoms with Gasteiger partial charge in [-0.2, -0.15) is 0 Å². The number of benzene rings is 1. The number of rotatable bonds is 3. The summed E-state index contributed by atoms with van der Waals surface area (Å²) in [4.78, 5) is 15.0. The first-order chi connectivity index (χ1) is 9.77. The summed E-state index contributed by atoms with van der Waals surface area (Å²) in [6, 6.07) is 4.82. The smallest absolute Gasteiger partial charge is 0.274 e. The van der Waals surface area contributed by atoms with E-state index in [2.05, 4.69) is 10.3 Å². The van der Waals surface area contributed by atoms with Crippen molar-refractivity contribution in [2.45, 2.75) is 4.90 Å². The van der Waals surface area contributed by atoms with E-state index in [-0.39, 0.29) is 16.3 Å². The van der Waals surface area contributed by atoms with Crippen molar-refractivity contribution in [3.05, 3.63) is 53.9 Å². The Morgan fingerprint density at radius 2 is 1.90 bits per heavy atom. The molecule has 2 aromatic rings. The van der Waals surface area contributed by atoms with E-state index in [0.717, 1.165) is 36.5 Å². The lowest BCUT2D eigenvalue weighted by atomic mass is 10.2. The molecule has 6 nitrogen and oxygen atoms in total. The standard InChI is InChI=1S/C12H9F2N3O3S/c13-7-1-4-10(16-6-7)12(18)17-11-5-8(21(15,19)20)2-3-9(11)14/h1-6H,(H,17,18)(H2,15,19,20). The monoisotopic (exact) mass is 313 g/mol. The summed E-state index contributed by atoms with van der Waals surface area (Å²) >= 11 is 0. The van der Waals surface area contributed by atoms with Crippen molar-refractivity contribution in [1.82, 2.24) is 4.98 Å². The number of nitrogens with zero attached hydrogens (tertiary/aromatic N) is 1. The summed E-state index contributed by atoms with van der Waals surface area (Å²) in [5, 5.41) is 7.06. The average molecular weight is 313 g/mol. The fourth-order valence-corrected chi connectivity index (χ4v) is 2.01. The van der Waals surface area contributed by atoms with Crippen molar-refractivity contribution in [2.75, 3.05) is 5.32 Å². The van der Waals surface area contributed by atoms with Gasteiger partial charge in [0.15, 0.2) is 0 Å². The molecule has 9 heteroatoms. The van der Waals surface area contributed by atoms with Crippen LogP contribution < -0.4 is 10.5 Å². The summed E-state index contributed by atoms with van der Waals surface area (Å²) in [5.41, 5.74) is -0.533. The second-order valence-electron chi connectivity index (χ2n) is 4.00. The van der Waals surface area contributed by atoms with Crippen molar-refractivity contribution in [1.29, 1.82) is 0 Å². The number of carbonyl (C=O) groups excluding carboxylic acids is 1. The van der Waals surface area contributed by atoms with Crippen LogP contribution in [0.3, 0.4) is 0 Å². The molecule has 1 amide bonds. The van der Waals surface area contributed by atoms with Crippen LogP contribution in [0.15, 0.2) is 41.4 Å². The summed E-state index contributed by atoms with van der Waals surface area (Å²) in [5.74, 6) is -2.30. The number of primary sulfonamides is 1. The zero-order valence-electron chi connectivity index (χ0n) is 10.4. The number of nitrogens with one attached hydrogen (secondary N) is 1. The molecule has 0 fully saturated rings. The van der Waals surface area contributed by atoms with Gasteiger partial charge in [0.05, 0.1) is 16.8 Å². The lowest BCUT2D eigenvalue weighted by molar-refractivity contribution is 0.102. The molecule has 0 bridgehead atoms. The maximum atomic E-state index is 13.6. The zero-order valence-corrected chi connectivity index (χ0v) is 11.2. The van der Waals surface area contributed by atoms with Gasteiger partial charge in [0.25, 0.3) is 5.91 Å². The van der Waals surface area contributed by atoms with Crippen molar-refractivity contribution in [3.8, 4) is 0 Å². The van der Waals surface area contributed by atoms with Crippen LogP contribution in [-0.2, 0) is 10.0 Å². The highest BCUT2D eigenvalue weighted by Crippen LogP contribution is 2.19. The van der Waals surface area contributed by atoms with Gasteiger partial charge in [-0.1, -0.05) is 0 Å². The Balaban J connectivity index is 2.31. The molecule has 1 aromatic carbocycles. The molecule has 0 aliphatic rings. The maximum absolute atomic E-state index is 13.6. The molecular weight excluding hydrogens is 304 g/mol. The SMILES string of the molecule is NS(=O)(=O)c1ccc(F)c(NC(=O)c2ccc(F)cn2)c1. The minimum Gasteiger partial charge on any atom is -0.318 e. The molecular formula is C12H9F2N3O3S. The molecule has 3 N–H and O–H groups in total. The third-order valence-corrected chi connectivity index (χ3v) is 3.39. The summed E-state index contributed by atoms with van der Waals surface area (Å²) in [7, 11) is -4.03. The summed E-state index contributed by atoms with van der Waals surface area (Å²) in [6.07, 6.45) is 0.825. The van der Waals surface area contributed by atoms with Crippen molar-refractivity contribution >= 4 is 21.6 Å². The van der Waals surface area contributed by atoms with Gasteiger partial charge in [0.1, 0.15) is 17.3 Å². The molecule has 0 aliphatic carbocycles. The predicted molar refractivity (Wildman–Crippen MR) is 69.9 cm³/mol. The number of sulfonamides is 1. The third-order valence-electron chi connectivity index (χ3n) is 2.47. The van der Waals surface area contributed by atoms with Crippen molar-refractivity contribution in [2.24, 2.45) is 5.14 Å². The number of aromatic nitrogens is 1. The normalized spacial score (nSPS) is 11.2. The molecule has 0 atom stereocenters. The highest BCUT2D eigenvalue weighted by atomic mass is 32.2. The Morgan fingerprint density at radius 3 is 2.48 bits per heavy atom. The van der Waals surface area contributed by atoms with Crippen LogP contribution in [0.25, 0.3) is 0 Å². The topological polar surface area (TPSA) is 102 Å². The molecule has 0 saturated heterocycles. The lowest BCUT2D eigenvalue weighted by Gasteiger charge is -2.07. The Labute approximate surface area is 118 Å². The highest BCUT2D eigenvalue weighted by Gasteiger charge is 2.15. The Kier molecular flexibility index (Phi) is 3.96. The van der Waals surface area contributed by atoms with Crippen LogP contribution in [0.1, 0.15) is 10.5 Å². The molecule has 1 heterocycles.